The van der Waals surface area contributed by atoms with Crippen LogP contribution in [-0.2, 0) is 16.2 Å². The Morgan fingerprint density at radius 3 is 2.75 bits per heavy atom. The molecule has 0 bridgehead atoms. The average molecular weight is 222 g/mol. The molecule has 1 amide bonds. The fourth-order valence-corrected chi connectivity index (χ4v) is 1.05. The fourth-order valence-electron chi connectivity index (χ4n) is 1.05. The molecular weight excluding hydrogens is 212 g/mol. The summed E-state index contributed by atoms with van der Waals surface area (Å²) in [5.74, 6) is 0. The van der Waals surface area contributed by atoms with Gasteiger partial charge in [0.25, 0.3) is 0 Å². The maximum absolute atomic E-state index is 11.3. The molecule has 7 heteroatoms. The zero-order chi connectivity index (χ0) is 11.8. The highest BCUT2D eigenvalue weighted by atomic mass is 16.8. The molecule has 0 heterocycles. The van der Waals surface area contributed by atoms with Gasteiger partial charge in [0, 0.05) is 4.91 Å². The first-order valence-corrected chi connectivity index (χ1v) is 4.39. The van der Waals surface area contributed by atoms with Crippen molar-refractivity contribution in [3.8, 4) is 0 Å². The van der Waals surface area contributed by atoms with Gasteiger partial charge in [-0.25, -0.2) is 4.79 Å². The highest BCUT2D eigenvalue weighted by molar-refractivity contribution is 5.66. The monoisotopic (exact) mass is 222 g/mol. The van der Waals surface area contributed by atoms with Crippen LogP contribution in [0.2, 0.25) is 0 Å². The van der Waals surface area contributed by atoms with Crippen LogP contribution in [0, 0.1) is 0 Å². The van der Waals surface area contributed by atoms with Gasteiger partial charge in [-0.3, -0.25) is 4.84 Å². The molecule has 0 spiro atoms. The smallest absolute Gasteiger partial charge is 0.340 e. The van der Waals surface area contributed by atoms with E-state index in [1.54, 1.807) is 0 Å². The van der Waals surface area contributed by atoms with Crippen molar-refractivity contribution in [3.63, 3.8) is 0 Å². The van der Waals surface area contributed by atoms with Crippen molar-refractivity contribution in [2.45, 2.75) is 6.54 Å². The lowest BCUT2D eigenvalue weighted by Gasteiger charge is -2.16. The lowest BCUT2D eigenvalue weighted by Crippen LogP contribution is -2.28. The molecule has 0 aliphatic heterocycles. The van der Waals surface area contributed by atoms with E-state index >= 15 is 0 Å². The van der Waals surface area contributed by atoms with Crippen LogP contribution in [0.1, 0.15) is 5.56 Å². The number of hydroxylamine groups is 2. The van der Waals surface area contributed by atoms with Crippen molar-refractivity contribution in [3.05, 3.63) is 46.3 Å². The SMILES string of the molecule is CON(Cc1ccccc1)C(=O)ON=[N+]=[N-]. The summed E-state index contributed by atoms with van der Waals surface area (Å²) in [6.45, 7) is 0.205. The number of benzene rings is 1. The normalized spacial score (nSPS) is 9.06. The Morgan fingerprint density at radius 1 is 1.50 bits per heavy atom. The number of hydrogen-bond donors (Lipinski definition) is 0. The van der Waals surface area contributed by atoms with Crippen LogP contribution < -0.4 is 0 Å². The topological polar surface area (TPSA) is 87.5 Å². The first kappa shape index (κ1) is 11.8. The van der Waals surface area contributed by atoms with Gasteiger partial charge in [0.15, 0.2) is 0 Å². The average Bonchev–Trinajstić information content (AvgIpc) is 2.34. The van der Waals surface area contributed by atoms with Crippen molar-refractivity contribution in [2.24, 2.45) is 5.28 Å². The summed E-state index contributed by atoms with van der Waals surface area (Å²) in [6.07, 6.45) is -0.871. The molecular formula is C9H10N4O3. The van der Waals surface area contributed by atoms with E-state index in [1.807, 2.05) is 30.3 Å². The van der Waals surface area contributed by atoms with Gasteiger partial charge in [-0.05, 0) is 11.1 Å². The molecule has 84 valence electrons. The molecule has 0 unspecified atom stereocenters. The summed E-state index contributed by atoms with van der Waals surface area (Å²) < 4.78 is 0. The van der Waals surface area contributed by atoms with Gasteiger partial charge in [-0.2, -0.15) is 5.06 Å². The summed E-state index contributed by atoms with van der Waals surface area (Å²) in [5.41, 5.74) is 8.84. The Hall–Kier alpha value is -2.24. The third-order valence-electron chi connectivity index (χ3n) is 1.75. The molecule has 7 nitrogen and oxygen atoms in total. The fraction of sp³-hybridized carbons (Fsp3) is 0.222. The van der Waals surface area contributed by atoms with Gasteiger partial charge in [0.05, 0.1) is 13.7 Å². The van der Waals surface area contributed by atoms with Gasteiger partial charge in [0.2, 0.25) is 0 Å². The maximum Gasteiger partial charge on any atom is 0.446 e. The van der Waals surface area contributed by atoms with E-state index in [-0.39, 0.29) is 6.54 Å². The third kappa shape index (κ3) is 3.49. The predicted molar refractivity (Wildman–Crippen MR) is 54.6 cm³/mol. The quantitative estimate of drug-likeness (QED) is 0.339. The molecule has 1 aromatic carbocycles. The molecule has 1 rings (SSSR count). The molecule has 0 fully saturated rings. The van der Waals surface area contributed by atoms with Crippen LogP contribution in [0.5, 0.6) is 0 Å². The summed E-state index contributed by atoms with van der Waals surface area (Å²) in [6, 6.07) is 9.18. The van der Waals surface area contributed by atoms with Crippen LogP contribution in [0.25, 0.3) is 10.4 Å². The van der Waals surface area contributed by atoms with E-state index in [1.165, 1.54) is 7.11 Å². The highest BCUT2D eigenvalue weighted by Gasteiger charge is 2.14. The van der Waals surface area contributed by atoms with Crippen molar-refractivity contribution in [1.29, 1.82) is 0 Å². The molecule has 0 atom stereocenters. The zero-order valence-corrected chi connectivity index (χ0v) is 8.61. The maximum atomic E-state index is 11.3. The second-order valence-corrected chi connectivity index (χ2v) is 2.73. The van der Waals surface area contributed by atoms with E-state index < -0.39 is 6.09 Å². The van der Waals surface area contributed by atoms with Crippen LogP contribution in [-0.4, -0.2) is 18.3 Å². The Balaban J connectivity index is 2.61. The van der Waals surface area contributed by atoms with Crippen molar-refractivity contribution >= 4 is 6.09 Å². The van der Waals surface area contributed by atoms with E-state index in [9.17, 15) is 4.79 Å². The Morgan fingerprint density at radius 2 is 2.19 bits per heavy atom. The van der Waals surface area contributed by atoms with Gasteiger partial charge in [-0.1, -0.05) is 30.3 Å². The molecule has 0 N–H and O–H groups in total. The van der Waals surface area contributed by atoms with Crippen LogP contribution >= 0.6 is 0 Å². The summed E-state index contributed by atoms with van der Waals surface area (Å²) in [7, 11) is 1.32. The summed E-state index contributed by atoms with van der Waals surface area (Å²) in [5, 5.41) is 3.63. The first-order valence-electron chi connectivity index (χ1n) is 4.39. The summed E-state index contributed by atoms with van der Waals surface area (Å²) in [4.78, 5) is 22.5. The minimum Gasteiger partial charge on any atom is -0.340 e. The van der Waals surface area contributed by atoms with Gasteiger partial charge in [-0.15, -0.1) is 0 Å². The second-order valence-electron chi connectivity index (χ2n) is 2.73. The number of carbonyl (C=O) groups excluding carboxylic acids is 1. The zero-order valence-electron chi connectivity index (χ0n) is 8.61. The second kappa shape index (κ2) is 6.28. The molecule has 16 heavy (non-hydrogen) atoms. The molecule has 0 saturated heterocycles. The van der Waals surface area contributed by atoms with Crippen molar-refractivity contribution in [1.82, 2.24) is 5.06 Å². The Kier molecular flexibility index (Phi) is 4.65. The number of rotatable bonds is 4. The van der Waals surface area contributed by atoms with Crippen LogP contribution in [0.3, 0.4) is 0 Å². The number of nitrogens with zero attached hydrogens (tertiary/aromatic N) is 4. The van der Waals surface area contributed by atoms with Gasteiger partial charge >= 0.3 is 6.09 Å². The largest absolute Gasteiger partial charge is 0.446 e. The Bertz CT molecular complexity index is 389. The summed E-state index contributed by atoms with van der Waals surface area (Å²) >= 11 is 0. The molecule has 0 aliphatic carbocycles. The minimum absolute atomic E-state index is 0.205. The molecule has 0 aliphatic rings. The third-order valence-corrected chi connectivity index (χ3v) is 1.75. The van der Waals surface area contributed by atoms with E-state index in [2.05, 4.69) is 15.0 Å². The van der Waals surface area contributed by atoms with Crippen molar-refractivity contribution < 1.29 is 14.5 Å². The number of amides is 1. The highest BCUT2D eigenvalue weighted by Crippen LogP contribution is 2.06. The van der Waals surface area contributed by atoms with E-state index in [4.69, 9.17) is 10.4 Å². The van der Waals surface area contributed by atoms with Gasteiger partial charge in [0.1, 0.15) is 5.28 Å². The molecule has 1 aromatic rings. The van der Waals surface area contributed by atoms with Crippen molar-refractivity contribution in [2.75, 3.05) is 7.11 Å². The van der Waals surface area contributed by atoms with Crippen LogP contribution in [0.15, 0.2) is 35.6 Å². The lowest BCUT2D eigenvalue weighted by molar-refractivity contribution is -0.117. The predicted octanol–water partition coefficient (Wildman–Crippen LogP) is 2.41. The number of carbonyl (C=O) groups is 1. The molecule has 0 aromatic heterocycles. The minimum atomic E-state index is -0.871. The number of hydrogen-bond acceptors (Lipinski definition) is 4. The first-order chi connectivity index (χ1) is 7.77. The van der Waals surface area contributed by atoms with E-state index in [0.29, 0.717) is 0 Å². The molecule has 0 radical (unpaired) electrons. The van der Waals surface area contributed by atoms with Crippen LogP contribution in [0.4, 0.5) is 4.79 Å². The Labute approximate surface area is 91.7 Å². The lowest BCUT2D eigenvalue weighted by atomic mass is 10.2. The van der Waals surface area contributed by atoms with Gasteiger partial charge < -0.3 is 4.84 Å². The molecule has 0 saturated carbocycles. The standard InChI is InChI=1S/C9H10N4O3/c1-15-13(9(14)16-12-11-10)7-8-5-3-2-4-6-8/h2-6H,7H2,1H3. The number of azide groups is 1. The van der Waals surface area contributed by atoms with E-state index in [0.717, 1.165) is 10.6 Å².